The Morgan fingerprint density at radius 1 is 1.23 bits per heavy atom. The minimum absolute atomic E-state index is 0.186. The third-order valence-corrected chi connectivity index (χ3v) is 7.03. The van der Waals surface area contributed by atoms with Crippen LogP contribution >= 0.6 is 27.5 Å². The Bertz CT molecular complexity index is 695. The van der Waals surface area contributed by atoms with Gasteiger partial charge in [-0.3, -0.25) is 4.79 Å². The van der Waals surface area contributed by atoms with Crippen molar-refractivity contribution in [2.24, 2.45) is 5.41 Å². The van der Waals surface area contributed by atoms with Crippen LogP contribution in [0.1, 0.15) is 44.9 Å². The summed E-state index contributed by atoms with van der Waals surface area (Å²) in [6, 6.07) is 2.16. The summed E-state index contributed by atoms with van der Waals surface area (Å²) >= 11 is 9.81. The highest BCUT2D eigenvalue weighted by Crippen LogP contribution is 2.44. The van der Waals surface area contributed by atoms with Gasteiger partial charge in [0.1, 0.15) is 5.82 Å². The largest absolute Gasteiger partial charge is 0.393 e. The highest BCUT2D eigenvalue weighted by atomic mass is 79.9. The van der Waals surface area contributed by atoms with E-state index in [0.29, 0.717) is 23.5 Å². The zero-order valence-corrected chi connectivity index (χ0v) is 17.2. The van der Waals surface area contributed by atoms with Crippen molar-refractivity contribution >= 4 is 39.3 Å². The van der Waals surface area contributed by atoms with Gasteiger partial charge < -0.3 is 14.9 Å². The number of likely N-dealkylation sites (tertiary alicyclic amines) is 1. The molecule has 3 fully saturated rings. The second kappa shape index (κ2) is 7.28. The van der Waals surface area contributed by atoms with Crippen molar-refractivity contribution in [2.75, 3.05) is 24.5 Å². The second-order valence-corrected chi connectivity index (χ2v) is 9.30. The van der Waals surface area contributed by atoms with Crippen LogP contribution in [-0.2, 0) is 4.79 Å². The van der Waals surface area contributed by atoms with Crippen LogP contribution in [0.15, 0.2) is 16.7 Å². The van der Waals surface area contributed by atoms with Crippen molar-refractivity contribution in [3.05, 3.63) is 21.8 Å². The molecule has 3 aliphatic rings. The molecule has 1 unspecified atom stereocenters. The van der Waals surface area contributed by atoms with Crippen molar-refractivity contribution in [1.29, 1.82) is 0 Å². The van der Waals surface area contributed by atoms with E-state index >= 15 is 0 Å². The van der Waals surface area contributed by atoms with Crippen LogP contribution in [-0.4, -0.2) is 52.7 Å². The zero-order valence-electron chi connectivity index (χ0n) is 14.8. The maximum absolute atomic E-state index is 13.4. The standard InChI is InChI=1S/C19H25BrClN3O2/c20-13-10-16(21)17(22-11-13)23-8-1-6-19(12-23)7-9-24(18(19)26)14-2-4-15(25)5-3-14/h10-11,14-15,25H,1-9,12H2. The molecule has 1 atom stereocenters. The van der Waals surface area contributed by atoms with Crippen LogP contribution in [0.4, 0.5) is 5.82 Å². The monoisotopic (exact) mass is 441 g/mol. The minimum atomic E-state index is -0.299. The Hall–Kier alpha value is -0.850. The Morgan fingerprint density at radius 3 is 2.73 bits per heavy atom. The zero-order chi connectivity index (χ0) is 18.3. The van der Waals surface area contributed by atoms with Crippen LogP contribution in [0.3, 0.4) is 0 Å². The topological polar surface area (TPSA) is 56.7 Å². The fourth-order valence-electron chi connectivity index (χ4n) is 4.90. The first-order chi connectivity index (χ1) is 12.5. The number of piperidine rings is 1. The smallest absolute Gasteiger partial charge is 0.230 e. The molecule has 7 heteroatoms. The number of aliphatic hydroxyl groups is 1. The predicted molar refractivity (Wildman–Crippen MR) is 105 cm³/mol. The van der Waals surface area contributed by atoms with Gasteiger partial charge in [0.25, 0.3) is 0 Å². The fraction of sp³-hybridized carbons (Fsp3) is 0.684. The summed E-state index contributed by atoms with van der Waals surface area (Å²) in [5.41, 5.74) is -0.299. The van der Waals surface area contributed by atoms with E-state index in [1.807, 2.05) is 6.07 Å². The molecule has 1 aliphatic carbocycles. The van der Waals surface area contributed by atoms with Crippen LogP contribution in [0, 0.1) is 5.41 Å². The molecular weight excluding hydrogens is 418 g/mol. The quantitative estimate of drug-likeness (QED) is 0.760. The third-order valence-electron chi connectivity index (χ3n) is 6.32. The summed E-state index contributed by atoms with van der Waals surface area (Å²) in [6.45, 7) is 2.43. The lowest BCUT2D eigenvalue weighted by molar-refractivity contribution is -0.139. The molecule has 1 saturated carbocycles. The number of hydrogen-bond acceptors (Lipinski definition) is 4. The van der Waals surface area contributed by atoms with Crippen molar-refractivity contribution in [2.45, 2.75) is 57.1 Å². The van der Waals surface area contributed by atoms with Crippen LogP contribution in [0.2, 0.25) is 5.02 Å². The number of nitrogens with zero attached hydrogens (tertiary/aromatic N) is 3. The van der Waals surface area contributed by atoms with Gasteiger partial charge in [-0.1, -0.05) is 11.6 Å². The van der Waals surface area contributed by atoms with Gasteiger partial charge in [0.05, 0.1) is 16.5 Å². The normalized spacial score (nSPS) is 32.5. The lowest BCUT2D eigenvalue weighted by atomic mass is 9.78. The Morgan fingerprint density at radius 2 is 2.00 bits per heavy atom. The molecule has 0 bridgehead atoms. The van der Waals surface area contributed by atoms with E-state index in [9.17, 15) is 9.90 Å². The molecule has 0 radical (unpaired) electrons. The van der Waals surface area contributed by atoms with Gasteiger partial charge in [-0.05, 0) is 66.9 Å². The minimum Gasteiger partial charge on any atom is -0.393 e. The van der Waals surface area contributed by atoms with Gasteiger partial charge in [0, 0.05) is 36.3 Å². The number of carbonyl (C=O) groups excluding carboxylic acids is 1. The maximum Gasteiger partial charge on any atom is 0.230 e. The van der Waals surface area contributed by atoms with E-state index in [2.05, 4.69) is 30.7 Å². The molecule has 1 aromatic heterocycles. The number of amides is 1. The number of aromatic nitrogens is 1. The summed E-state index contributed by atoms with van der Waals surface area (Å²) in [6.07, 6.45) is 7.89. The molecule has 2 aliphatic heterocycles. The summed E-state index contributed by atoms with van der Waals surface area (Å²) < 4.78 is 0.862. The lowest BCUT2D eigenvalue weighted by Crippen LogP contribution is -2.50. The fourth-order valence-corrected chi connectivity index (χ4v) is 5.65. The van der Waals surface area contributed by atoms with E-state index in [-0.39, 0.29) is 11.5 Å². The molecular formula is C19H25BrClN3O2. The molecule has 5 nitrogen and oxygen atoms in total. The van der Waals surface area contributed by atoms with Crippen LogP contribution in [0.5, 0.6) is 0 Å². The van der Waals surface area contributed by atoms with Crippen molar-refractivity contribution in [3.8, 4) is 0 Å². The van der Waals surface area contributed by atoms with Crippen LogP contribution < -0.4 is 4.90 Å². The number of halogens is 2. The molecule has 2 saturated heterocycles. The van der Waals surface area contributed by atoms with Crippen molar-refractivity contribution in [1.82, 2.24) is 9.88 Å². The van der Waals surface area contributed by atoms with E-state index in [1.165, 1.54) is 0 Å². The highest BCUT2D eigenvalue weighted by molar-refractivity contribution is 9.10. The average Bonchev–Trinajstić information content (AvgIpc) is 2.92. The summed E-state index contributed by atoms with van der Waals surface area (Å²) in [7, 11) is 0. The van der Waals surface area contributed by atoms with Crippen LogP contribution in [0.25, 0.3) is 0 Å². The molecule has 0 aromatic carbocycles. The number of hydrogen-bond donors (Lipinski definition) is 1. The average molecular weight is 443 g/mol. The first kappa shape index (κ1) is 18.5. The molecule has 1 spiro atoms. The number of anilines is 1. The molecule has 26 heavy (non-hydrogen) atoms. The van der Waals surface area contributed by atoms with E-state index in [4.69, 9.17) is 11.6 Å². The molecule has 1 amide bonds. The number of rotatable bonds is 2. The molecule has 142 valence electrons. The summed E-state index contributed by atoms with van der Waals surface area (Å²) in [4.78, 5) is 22.1. The van der Waals surface area contributed by atoms with Gasteiger partial charge in [0.2, 0.25) is 5.91 Å². The second-order valence-electron chi connectivity index (χ2n) is 7.98. The van der Waals surface area contributed by atoms with E-state index < -0.39 is 0 Å². The first-order valence-corrected chi connectivity index (χ1v) is 10.7. The molecule has 1 N–H and O–H groups in total. The van der Waals surface area contributed by atoms with E-state index in [0.717, 1.165) is 68.3 Å². The Labute approximate surface area is 167 Å². The third kappa shape index (κ3) is 3.36. The van der Waals surface area contributed by atoms with Gasteiger partial charge in [-0.2, -0.15) is 0 Å². The highest BCUT2D eigenvalue weighted by Gasteiger charge is 2.50. The van der Waals surface area contributed by atoms with Gasteiger partial charge in [-0.15, -0.1) is 0 Å². The van der Waals surface area contributed by atoms with Crippen molar-refractivity contribution in [3.63, 3.8) is 0 Å². The Balaban J connectivity index is 1.50. The van der Waals surface area contributed by atoms with E-state index in [1.54, 1.807) is 6.20 Å². The number of carbonyl (C=O) groups is 1. The number of pyridine rings is 1. The van der Waals surface area contributed by atoms with Gasteiger partial charge >= 0.3 is 0 Å². The van der Waals surface area contributed by atoms with Gasteiger partial charge in [-0.25, -0.2) is 4.98 Å². The lowest BCUT2D eigenvalue weighted by Gasteiger charge is -2.41. The molecule has 4 rings (SSSR count). The van der Waals surface area contributed by atoms with Crippen molar-refractivity contribution < 1.29 is 9.90 Å². The molecule has 3 heterocycles. The number of aliphatic hydroxyl groups excluding tert-OH is 1. The molecule has 1 aromatic rings. The first-order valence-electron chi connectivity index (χ1n) is 9.54. The summed E-state index contributed by atoms with van der Waals surface area (Å²) in [5, 5.41) is 10.4. The SMILES string of the molecule is O=C1N(C2CCC(O)CC2)CCC12CCCN(c1ncc(Br)cc1Cl)C2. The Kier molecular flexibility index (Phi) is 5.19. The summed E-state index contributed by atoms with van der Waals surface area (Å²) in [5.74, 6) is 1.08. The predicted octanol–water partition coefficient (Wildman–Crippen LogP) is 3.62. The van der Waals surface area contributed by atoms with Gasteiger partial charge in [0.15, 0.2) is 0 Å². The maximum atomic E-state index is 13.4.